The van der Waals surface area contributed by atoms with Gasteiger partial charge in [-0.15, -0.1) is 0 Å². The van der Waals surface area contributed by atoms with E-state index in [9.17, 15) is 9.59 Å². The molecule has 2 amide bonds. The van der Waals surface area contributed by atoms with Crippen LogP contribution in [0.2, 0.25) is 0 Å². The number of hydrogen-bond acceptors (Lipinski definition) is 3. The standard InChI is InChI=1S/C16H25N3O2/c1-6-13(20)18-11-8-7-10(2)12(9-11)19-15(21)14(17)16(3,4)5/h7-9,14H,6,17H2,1-5H3,(H,18,20)(H,19,21)/t14-/m0/s1. The summed E-state index contributed by atoms with van der Waals surface area (Å²) in [4.78, 5) is 23.6. The molecule has 0 aliphatic heterocycles. The van der Waals surface area contributed by atoms with Gasteiger partial charge >= 0.3 is 0 Å². The molecule has 5 nitrogen and oxygen atoms in total. The molecule has 0 radical (unpaired) electrons. The highest BCUT2D eigenvalue weighted by Crippen LogP contribution is 2.23. The van der Waals surface area contributed by atoms with E-state index < -0.39 is 6.04 Å². The predicted octanol–water partition coefficient (Wildman–Crippen LogP) is 2.66. The molecule has 0 fully saturated rings. The van der Waals surface area contributed by atoms with E-state index in [2.05, 4.69) is 10.6 Å². The summed E-state index contributed by atoms with van der Waals surface area (Å²) in [5, 5.41) is 5.60. The molecule has 0 unspecified atom stereocenters. The summed E-state index contributed by atoms with van der Waals surface area (Å²) >= 11 is 0. The lowest BCUT2D eigenvalue weighted by molar-refractivity contribution is -0.119. The summed E-state index contributed by atoms with van der Waals surface area (Å²) in [7, 11) is 0. The van der Waals surface area contributed by atoms with Gasteiger partial charge in [-0.05, 0) is 30.0 Å². The first kappa shape index (κ1) is 17.2. The molecular weight excluding hydrogens is 266 g/mol. The third-order valence-electron chi connectivity index (χ3n) is 3.32. The van der Waals surface area contributed by atoms with Gasteiger partial charge in [0.15, 0.2) is 0 Å². The Labute approximate surface area is 126 Å². The molecule has 21 heavy (non-hydrogen) atoms. The Balaban J connectivity index is 2.90. The smallest absolute Gasteiger partial charge is 0.241 e. The van der Waals surface area contributed by atoms with Crippen molar-refractivity contribution in [3.05, 3.63) is 23.8 Å². The topological polar surface area (TPSA) is 84.2 Å². The fourth-order valence-corrected chi connectivity index (χ4v) is 1.69. The first-order chi connectivity index (χ1) is 9.65. The molecule has 0 heterocycles. The lowest BCUT2D eigenvalue weighted by atomic mass is 9.87. The number of hydrogen-bond donors (Lipinski definition) is 3. The van der Waals surface area contributed by atoms with Crippen LogP contribution in [0.25, 0.3) is 0 Å². The van der Waals surface area contributed by atoms with Gasteiger partial charge in [0, 0.05) is 17.8 Å². The lowest BCUT2D eigenvalue weighted by Crippen LogP contribution is -2.45. The molecule has 0 bridgehead atoms. The van der Waals surface area contributed by atoms with Gasteiger partial charge in [-0.3, -0.25) is 9.59 Å². The Hall–Kier alpha value is -1.88. The van der Waals surface area contributed by atoms with E-state index >= 15 is 0 Å². The summed E-state index contributed by atoms with van der Waals surface area (Å²) in [5.74, 6) is -0.299. The minimum absolute atomic E-state index is 0.0671. The van der Waals surface area contributed by atoms with Crippen molar-refractivity contribution in [3.63, 3.8) is 0 Å². The minimum Gasteiger partial charge on any atom is -0.326 e. The van der Waals surface area contributed by atoms with Gasteiger partial charge in [0.2, 0.25) is 11.8 Å². The second-order valence-corrected chi connectivity index (χ2v) is 6.26. The molecule has 1 aromatic carbocycles. The third kappa shape index (κ3) is 4.86. The predicted molar refractivity (Wildman–Crippen MR) is 86.2 cm³/mol. The second kappa shape index (κ2) is 6.72. The van der Waals surface area contributed by atoms with Crippen molar-refractivity contribution in [1.82, 2.24) is 0 Å². The maximum absolute atomic E-state index is 12.2. The van der Waals surface area contributed by atoms with Crippen LogP contribution in [-0.2, 0) is 9.59 Å². The Bertz CT molecular complexity index is 533. The number of amides is 2. The highest BCUT2D eigenvalue weighted by atomic mass is 16.2. The van der Waals surface area contributed by atoms with Gasteiger partial charge in [-0.1, -0.05) is 33.8 Å². The van der Waals surface area contributed by atoms with Gasteiger partial charge in [0.25, 0.3) is 0 Å². The van der Waals surface area contributed by atoms with Gasteiger partial charge in [-0.25, -0.2) is 0 Å². The lowest BCUT2D eigenvalue weighted by Gasteiger charge is -2.26. The number of aryl methyl sites for hydroxylation is 1. The van der Waals surface area contributed by atoms with Crippen molar-refractivity contribution in [3.8, 4) is 0 Å². The number of carbonyl (C=O) groups is 2. The Morgan fingerprint density at radius 3 is 2.38 bits per heavy atom. The Morgan fingerprint density at radius 1 is 1.24 bits per heavy atom. The van der Waals surface area contributed by atoms with Crippen LogP contribution in [0.4, 0.5) is 11.4 Å². The minimum atomic E-state index is -0.606. The average Bonchev–Trinajstić information content (AvgIpc) is 2.40. The van der Waals surface area contributed by atoms with Crippen LogP contribution in [-0.4, -0.2) is 17.9 Å². The van der Waals surface area contributed by atoms with Crippen molar-refractivity contribution in [2.24, 2.45) is 11.1 Å². The first-order valence-corrected chi connectivity index (χ1v) is 7.12. The summed E-state index contributed by atoms with van der Waals surface area (Å²) in [6.07, 6.45) is 0.407. The van der Waals surface area contributed by atoms with Gasteiger partial charge in [0.05, 0.1) is 6.04 Å². The molecule has 5 heteroatoms. The zero-order chi connectivity index (χ0) is 16.2. The van der Waals surface area contributed by atoms with Crippen LogP contribution in [0.15, 0.2) is 18.2 Å². The maximum atomic E-state index is 12.2. The molecule has 0 aromatic heterocycles. The number of rotatable bonds is 4. The SMILES string of the molecule is CCC(=O)Nc1ccc(C)c(NC(=O)[C@H](N)C(C)(C)C)c1. The normalized spacial score (nSPS) is 12.7. The van der Waals surface area contributed by atoms with E-state index in [1.807, 2.05) is 39.8 Å². The molecule has 0 spiro atoms. The van der Waals surface area contributed by atoms with E-state index in [4.69, 9.17) is 5.73 Å². The van der Waals surface area contributed by atoms with Crippen molar-refractivity contribution in [2.75, 3.05) is 10.6 Å². The summed E-state index contributed by atoms with van der Waals surface area (Å²) in [6.45, 7) is 9.43. The molecule has 0 saturated heterocycles. The van der Waals surface area contributed by atoms with Crippen molar-refractivity contribution < 1.29 is 9.59 Å². The largest absolute Gasteiger partial charge is 0.326 e. The zero-order valence-electron chi connectivity index (χ0n) is 13.4. The molecule has 1 aromatic rings. The molecular formula is C16H25N3O2. The second-order valence-electron chi connectivity index (χ2n) is 6.26. The number of anilines is 2. The van der Waals surface area contributed by atoms with E-state index in [1.54, 1.807) is 13.0 Å². The van der Waals surface area contributed by atoms with Crippen molar-refractivity contribution in [1.29, 1.82) is 0 Å². The van der Waals surface area contributed by atoms with Gasteiger partial charge in [0.1, 0.15) is 0 Å². The highest BCUT2D eigenvalue weighted by molar-refractivity contribution is 5.97. The third-order valence-corrected chi connectivity index (χ3v) is 3.32. The summed E-state index contributed by atoms with van der Waals surface area (Å²) in [5.41, 5.74) is 7.87. The van der Waals surface area contributed by atoms with Gasteiger partial charge in [-0.2, -0.15) is 0 Å². The fourth-order valence-electron chi connectivity index (χ4n) is 1.69. The summed E-state index contributed by atoms with van der Waals surface area (Å²) in [6, 6.07) is 4.80. The van der Waals surface area contributed by atoms with Crippen LogP contribution in [0.1, 0.15) is 39.7 Å². The molecule has 1 atom stereocenters. The fraction of sp³-hybridized carbons (Fsp3) is 0.500. The van der Waals surface area contributed by atoms with Crippen LogP contribution >= 0.6 is 0 Å². The molecule has 116 valence electrons. The average molecular weight is 291 g/mol. The van der Waals surface area contributed by atoms with Crippen molar-refractivity contribution in [2.45, 2.75) is 47.1 Å². The first-order valence-electron chi connectivity index (χ1n) is 7.12. The highest BCUT2D eigenvalue weighted by Gasteiger charge is 2.27. The van der Waals surface area contributed by atoms with Gasteiger partial charge < -0.3 is 16.4 Å². The van der Waals surface area contributed by atoms with Crippen LogP contribution in [0.5, 0.6) is 0 Å². The number of benzene rings is 1. The van der Waals surface area contributed by atoms with E-state index in [0.717, 1.165) is 5.56 Å². The molecule has 0 aliphatic carbocycles. The molecule has 0 aliphatic rings. The zero-order valence-corrected chi connectivity index (χ0v) is 13.4. The van der Waals surface area contributed by atoms with E-state index in [-0.39, 0.29) is 17.2 Å². The maximum Gasteiger partial charge on any atom is 0.241 e. The quantitative estimate of drug-likeness (QED) is 0.797. The number of nitrogens with two attached hydrogens (primary N) is 1. The summed E-state index contributed by atoms with van der Waals surface area (Å²) < 4.78 is 0. The molecule has 1 rings (SSSR count). The van der Waals surface area contributed by atoms with E-state index in [0.29, 0.717) is 17.8 Å². The number of carbonyl (C=O) groups excluding carboxylic acids is 2. The van der Waals surface area contributed by atoms with Crippen LogP contribution in [0, 0.1) is 12.3 Å². The molecule has 0 saturated carbocycles. The number of nitrogens with one attached hydrogen (secondary N) is 2. The van der Waals surface area contributed by atoms with Crippen molar-refractivity contribution >= 4 is 23.2 Å². The monoisotopic (exact) mass is 291 g/mol. The van der Waals surface area contributed by atoms with Crippen LogP contribution in [0.3, 0.4) is 0 Å². The van der Waals surface area contributed by atoms with E-state index in [1.165, 1.54) is 0 Å². The van der Waals surface area contributed by atoms with Crippen LogP contribution < -0.4 is 16.4 Å². The Morgan fingerprint density at radius 2 is 1.86 bits per heavy atom. The Kier molecular flexibility index (Phi) is 5.49. The molecule has 4 N–H and O–H groups in total.